The van der Waals surface area contributed by atoms with Gasteiger partial charge in [0.1, 0.15) is 0 Å². The highest BCUT2D eigenvalue weighted by Gasteiger charge is 2.27. The maximum Gasteiger partial charge on any atom is 0.227 e. The molecule has 1 aliphatic heterocycles. The SMILES string of the molecule is Cc1[nH]ncc1CN(C)C(=O)C1CCc2ccnn2C1. The molecule has 106 valence electrons. The minimum absolute atomic E-state index is 0.0274. The average Bonchev–Trinajstić information content (AvgIpc) is 3.06. The standard InChI is InChI=1S/C14H19N5O/c1-10-12(7-15-17-10)8-18(2)14(20)11-3-4-13-5-6-16-19(13)9-11/h5-7,11H,3-4,8-9H2,1-2H3,(H,15,17). The molecule has 3 heterocycles. The lowest BCUT2D eigenvalue weighted by molar-refractivity contribution is -0.135. The van der Waals surface area contributed by atoms with E-state index < -0.39 is 0 Å². The van der Waals surface area contributed by atoms with Crippen molar-refractivity contribution >= 4 is 5.91 Å². The molecule has 2 aromatic heterocycles. The summed E-state index contributed by atoms with van der Waals surface area (Å²) in [6, 6.07) is 2.03. The molecule has 1 atom stereocenters. The second-order valence-corrected chi connectivity index (χ2v) is 5.45. The number of hydrogen-bond donors (Lipinski definition) is 1. The molecular weight excluding hydrogens is 254 g/mol. The lowest BCUT2D eigenvalue weighted by Gasteiger charge is -2.27. The number of H-pyrrole nitrogens is 1. The normalized spacial score (nSPS) is 17.8. The second kappa shape index (κ2) is 5.11. The summed E-state index contributed by atoms with van der Waals surface area (Å²) in [6.45, 7) is 3.26. The number of aryl methyl sites for hydroxylation is 2. The number of amides is 1. The molecule has 3 rings (SSSR count). The van der Waals surface area contributed by atoms with E-state index in [4.69, 9.17) is 0 Å². The molecule has 20 heavy (non-hydrogen) atoms. The van der Waals surface area contributed by atoms with Gasteiger partial charge in [-0.3, -0.25) is 14.6 Å². The molecule has 1 amide bonds. The van der Waals surface area contributed by atoms with E-state index >= 15 is 0 Å². The number of aromatic nitrogens is 4. The number of nitrogens with one attached hydrogen (secondary N) is 1. The van der Waals surface area contributed by atoms with Crippen LogP contribution in [-0.2, 0) is 24.3 Å². The highest BCUT2D eigenvalue weighted by atomic mass is 16.2. The third kappa shape index (κ3) is 2.33. The van der Waals surface area contributed by atoms with Gasteiger partial charge in [-0.05, 0) is 25.8 Å². The van der Waals surface area contributed by atoms with Gasteiger partial charge in [0.15, 0.2) is 0 Å². The summed E-state index contributed by atoms with van der Waals surface area (Å²) in [6.07, 6.45) is 5.42. The van der Waals surface area contributed by atoms with Gasteiger partial charge >= 0.3 is 0 Å². The Labute approximate surface area is 117 Å². The number of aromatic amines is 1. The first-order valence-corrected chi connectivity index (χ1v) is 6.89. The highest BCUT2D eigenvalue weighted by Crippen LogP contribution is 2.21. The van der Waals surface area contributed by atoms with Gasteiger partial charge in [0, 0.05) is 36.7 Å². The number of carbonyl (C=O) groups excluding carboxylic acids is 1. The van der Waals surface area contributed by atoms with Crippen LogP contribution in [0.15, 0.2) is 18.5 Å². The predicted octanol–water partition coefficient (Wildman–Crippen LogP) is 1.14. The van der Waals surface area contributed by atoms with E-state index in [-0.39, 0.29) is 11.8 Å². The lowest BCUT2D eigenvalue weighted by atomic mass is 9.97. The summed E-state index contributed by atoms with van der Waals surface area (Å²) in [5.74, 6) is 0.214. The van der Waals surface area contributed by atoms with Crippen molar-refractivity contribution in [2.75, 3.05) is 7.05 Å². The molecule has 1 aliphatic rings. The van der Waals surface area contributed by atoms with Crippen LogP contribution in [0.25, 0.3) is 0 Å². The Bertz CT molecular complexity index is 615. The van der Waals surface area contributed by atoms with Gasteiger partial charge in [-0.1, -0.05) is 0 Å². The Morgan fingerprint density at radius 3 is 3.20 bits per heavy atom. The third-order valence-electron chi connectivity index (χ3n) is 4.01. The third-order valence-corrected chi connectivity index (χ3v) is 4.01. The van der Waals surface area contributed by atoms with Gasteiger partial charge in [0.05, 0.1) is 18.7 Å². The zero-order valence-corrected chi connectivity index (χ0v) is 11.8. The lowest BCUT2D eigenvalue weighted by Crippen LogP contribution is -2.37. The van der Waals surface area contributed by atoms with Gasteiger partial charge < -0.3 is 4.90 Å². The molecule has 0 bridgehead atoms. The Morgan fingerprint density at radius 1 is 1.60 bits per heavy atom. The minimum atomic E-state index is 0.0274. The van der Waals surface area contributed by atoms with E-state index in [0.717, 1.165) is 24.1 Å². The largest absolute Gasteiger partial charge is 0.341 e. The Hall–Kier alpha value is -2.11. The minimum Gasteiger partial charge on any atom is -0.341 e. The fourth-order valence-electron chi connectivity index (χ4n) is 2.74. The van der Waals surface area contributed by atoms with Crippen LogP contribution in [0.5, 0.6) is 0 Å². The molecular formula is C14H19N5O. The van der Waals surface area contributed by atoms with Crippen LogP contribution < -0.4 is 0 Å². The van der Waals surface area contributed by atoms with E-state index in [1.54, 1.807) is 17.3 Å². The summed E-state index contributed by atoms with van der Waals surface area (Å²) in [7, 11) is 1.85. The summed E-state index contributed by atoms with van der Waals surface area (Å²) < 4.78 is 1.95. The first-order valence-electron chi connectivity index (χ1n) is 6.89. The van der Waals surface area contributed by atoms with Gasteiger partial charge in [-0.25, -0.2) is 0 Å². The summed E-state index contributed by atoms with van der Waals surface area (Å²) in [5.41, 5.74) is 3.31. The highest BCUT2D eigenvalue weighted by molar-refractivity contribution is 5.78. The molecule has 6 heteroatoms. The second-order valence-electron chi connectivity index (χ2n) is 5.45. The van der Waals surface area contributed by atoms with Crippen molar-refractivity contribution in [1.82, 2.24) is 24.9 Å². The van der Waals surface area contributed by atoms with Crippen LogP contribution in [0.2, 0.25) is 0 Å². The quantitative estimate of drug-likeness (QED) is 0.911. The van der Waals surface area contributed by atoms with Crippen LogP contribution in [0.3, 0.4) is 0 Å². The molecule has 0 saturated carbocycles. The van der Waals surface area contributed by atoms with Crippen LogP contribution in [0.4, 0.5) is 0 Å². The van der Waals surface area contributed by atoms with Gasteiger partial charge in [-0.15, -0.1) is 0 Å². The van der Waals surface area contributed by atoms with Crippen LogP contribution in [-0.4, -0.2) is 37.8 Å². The monoisotopic (exact) mass is 273 g/mol. The zero-order chi connectivity index (χ0) is 14.1. The van der Waals surface area contributed by atoms with E-state index in [2.05, 4.69) is 15.3 Å². The molecule has 0 saturated heterocycles. The van der Waals surface area contributed by atoms with Crippen molar-refractivity contribution in [2.24, 2.45) is 5.92 Å². The zero-order valence-electron chi connectivity index (χ0n) is 11.8. The predicted molar refractivity (Wildman–Crippen MR) is 73.8 cm³/mol. The Morgan fingerprint density at radius 2 is 2.45 bits per heavy atom. The molecule has 2 aromatic rings. The van der Waals surface area contributed by atoms with E-state index in [1.165, 1.54) is 5.69 Å². The molecule has 0 aliphatic carbocycles. The fourth-order valence-corrected chi connectivity index (χ4v) is 2.74. The molecule has 0 radical (unpaired) electrons. The first-order chi connectivity index (χ1) is 9.65. The van der Waals surface area contributed by atoms with Crippen molar-refractivity contribution in [1.29, 1.82) is 0 Å². The smallest absolute Gasteiger partial charge is 0.227 e. The van der Waals surface area contributed by atoms with Crippen LogP contribution >= 0.6 is 0 Å². The van der Waals surface area contributed by atoms with E-state index in [0.29, 0.717) is 13.1 Å². The maximum absolute atomic E-state index is 12.5. The Kier molecular flexibility index (Phi) is 3.30. The number of fused-ring (bicyclic) bond motifs is 1. The topological polar surface area (TPSA) is 66.8 Å². The summed E-state index contributed by atoms with van der Waals surface area (Å²) in [5, 5.41) is 11.2. The molecule has 0 aromatic carbocycles. The Balaban J connectivity index is 1.66. The maximum atomic E-state index is 12.5. The van der Waals surface area contributed by atoms with Crippen LogP contribution in [0, 0.1) is 12.8 Å². The van der Waals surface area contributed by atoms with Gasteiger partial charge in [-0.2, -0.15) is 10.2 Å². The van der Waals surface area contributed by atoms with Crippen molar-refractivity contribution < 1.29 is 4.79 Å². The fraction of sp³-hybridized carbons (Fsp3) is 0.500. The summed E-state index contributed by atoms with van der Waals surface area (Å²) in [4.78, 5) is 14.3. The van der Waals surface area contributed by atoms with Crippen molar-refractivity contribution in [3.8, 4) is 0 Å². The van der Waals surface area contributed by atoms with E-state index in [1.807, 2.05) is 24.7 Å². The number of nitrogens with zero attached hydrogens (tertiary/aromatic N) is 4. The van der Waals surface area contributed by atoms with Gasteiger partial charge in [0.2, 0.25) is 5.91 Å². The molecule has 0 spiro atoms. The average molecular weight is 273 g/mol. The molecule has 0 fully saturated rings. The molecule has 6 nitrogen and oxygen atoms in total. The van der Waals surface area contributed by atoms with Gasteiger partial charge in [0.25, 0.3) is 0 Å². The van der Waals surface area contributed by atoms with Crippen molar-refractivity contribution in [3.63, 3.8) is 0 Å². The molecule has 1 N–H and O–H groups in total. The van der Waals surface area contributed by atoms with Crippen molar-refractivity contribution in [2.45, 2.75) is 32.9 Å². The van der Waals surface area contributed by atoms with Crippen LogP contribution in [0.1, 0.15) is 23.4 Å². The number of carbonyl (C=O) groups is 1. The van der Waals surface area contributed by atoms with Crippen molar-refractivity contribution in [3.05, 3.63) is 35.4 Å². The number of hydrogen-bond acceptors (Lipinski definition) is 3. The van der Waals surface area contributed by atoms with E-state index in [9.17, 15) is 4.79 Å². The number of rotatable bonds is 3. The summed E-state index contributed by atoms with van der Waals surface area (Å²) >= 11 is 0. The molecule has 1 unspecified atom stereocenters. The first kappa shape index (κ1) is 12.9.